The molecule has 202 valence electrons. The number of benzene rings is 1. The average Bonchev–Trinajstić information content (AvgIpc) is 3.40. The van der Waals surface area contributed by atoms with Crippen molar-refractivity contribution in [1.29, 1.82) is 0 Å². The Morgan fingerprint density at radius 3 is 2.46 bits per heavy atom. The lowest BCUT2D eigenvalue weighted by atomic mass is 9.64. The van der Waals surface area contributed by atoms with Gasteiger partial charge in [0.05, 0.1) is 17.5 Å². The van der Waals surface area contributed by atoms with E-state index < -0.39 is 21.7 Å². The average molecular weight is 534 g/mol. The van der Waals surface area contributed by atoms with Crippen LogP contribution >= 0.6 is 0 Å². The van der Waals surface area contributed by atoms with E-state index in [9.17, 15) is 17.2 Å². The number of rotatable bonds is 10. The standard InChI is InChI=1S/C27H37F2N5O2S/c1-8-33-17-20(16-31-33)37(35,36)34(9-2)18-27(6)14-13-21(26(27,4)5)19(3)15-24(32-30-7)25-22(28)11-10-12-23(25)29/h10-12,15-17,21H,3,8-9,13-14,18H2,1-2,4-7H3/b24-15-,32-30-. The predicted octanol–water partition coefficient (Wildman–Crippen LogP) is 6.31. The van der Waals surface area contributed by atoms with Gasteiger partial charge in [0.25, 0.3) is 0 Å². The molecule has 0 aliphatic heterocycles. The van der Waals surface area contributed by atoms with Crippen LogP contribution in [0.3, 0.4) is 0 Å². The smallest absolute Gasteiger partial charge is 0.246 e. The zero-order valence-electron chi connectivity index (χ0n) is 22.5. The molecule has 37 heavy (non-hydrogen) atoms. The third-order valence-electron chi connectivity index (χ3n) is 8.06. The molecule has 1 aromatic carbocycles. The summed E-state index contributed by atoms with van der Waals surface area (Å²) in [5.41, 5.74) is -0.261. The molecular weight excluding hydrogens is 496 g/mol. The fourth-order valence-electron chi connectivity index (χ4n) is 5.33. The molecule has 2 atom stereocenters. The molecule has 0 bridgehead atoms. The van der Waals surface area contributed by atoms with E-state index in [0.717, 1.165) is 12.8 Å². The number of hydrogen-bond donors (Lipinski definition) is 0. The number of halogens is 2. The molecule has 0 saturated heterocycles. The second-order valence-electron chi connectivity index (χ2n) is 10.3. The molecule has 0 radical (unpaired) electrons. The van der Waals surface area contributed by atoms with E-state index in [1.165, 1.54) is 35.7 Å². The number of allylic oxidation sites excluding steroid dienone is 2. The lowest BCUT2D eigenvalue weighted by Gasteiger charge is -2.44. The van der Waals surface area contributed by atoms with Gasteiger partial charge < -0.3 is 0 Å². The Kier molecular flexibility index (Phi) is 8.54. The highest BCUT2D eigenvalue weighted by atomic mass is 32.2. The van der Waals surface area contributed by atoms with Crippen molar-refractivity contribution < 1.29 is 17.2 Å². The Bertz CT molecular complexity index is 1300. The van der Waals surface area contributed by atoms with Gasteiger partial charge >= 0.3 is 0 Å². The molecule has 1 saturated carbocycles. The molecular formula is C27H37F2N5O2S. The summed E-state index contributed by atoms with van der Waals surface area (Å²) in [5.74, 6) is -1.51. The second kappa shape index (κ2) is 10.9. The molecule has 3 rings (SSSR count). The van der Waals surface area contributed by atoms with Gasteiger partial charge in [-0.2, -0.15) is 19.6 Å². The summed E-state index contributed by atoms with van der Waals surface area (Å²) in [4.78, 5) is 0.181. The van der Waals surface area contributed by atoms with Crippen molar-refractivity contribution in [3.05, 3.63) is 66.0 Å². The summed E-state index contributed by atoms with van der Waals surface area (Å²) in [6.07, 6.45) is 6.06. The lowest BCUT2D eigenvalue weighted by Crippen LogP contribution is -2.46. The molecule has 0 spiro atoms. The maximum atomic E-state index is 14.5. The summed E-state index contributed by atoms with van der Waals surface area (Å²) in [7, 11) is -2.28. The summed E-state index contributed by atoms with van der Waals surface area (Å²) in [6, 6.07) is 3.66. The topological polar surface area (TPSA) is 79.9 Å². The minimum Gasteiger partial charge on any atom is -0.272 e. The van der Waals surface area contributed by atoms with Crippen LogP contribution in [0, 0.1) is 28.4 Å². The third-order valence-corrected chi connectivity index (χ3v) is 9.93. The van der Waals surface area contributed by atoms with Crippen LogP contribution in [0.1, 0.15) is 53.0 Å². The summed E-state index contributed by atoms with van der Waals surface area (Å²) in [6.45, 7) is 15.5. The number of aromatic nitrogens is 2. The van der Waals surface area contributed by atoms with Crippen LogP contribution in [0.2, 0.25) is 0 Å². The highest BCUT2D eigenvalue weighted by Gasteiger charge is 2.53. The fourth-order valence-corrected chi connectivity index (χ4v) is 6.86. The number of aryl methyl sites for hydroxylation is 1. The molecule has 1 heterocycles. The third kappa shape index (κ3) is 5.45. The van der Waals surface area contributed by atoms with E-state index in [1.807, 2.05) is 13.8 Å². The van der Waals surface area contributed by atoms with Gasteiger partial charge in [-0.15, -0.1) is 0 Å². The second-order valence-corrected chi connectivity index (χ2v) is 12.3. The predicted molar refractivity (Wildman–Crippen MR) is 141 cm³/mol. The van der Waals surface area contributed by atoms with E-state index in [0.29, 0.717) is 25.2 Å². The van der Waals surface area contributed by atoms with E-state index in [4.69, 9.17) is 0 Å². The largest absolute Gasteiger partial charge is 0.272 e. The number of nitrogens with zero attached hydrogens (tertiary/aromatic N) is 5. The molecule has 0 N–H and O–H groups in total. The summed E-state index contributed by atoms with van der Waals surface area (Å²) >= 11 is 0. The van der Waals surface area contributed by atoms with Crippen molar-refractivity contribution in [2.24, 2.45) is 27.0 Å². The molecule has 1 aliphatic rings. The Balaban J connectivity index is 1.91. The van der Waals surface area contributed by atoms with Crippen LogP contribution in [0.4, 0.5) is 8.78 Å². The molecule has 1 fully saturated rings. The Hall–Kier alpha value is -2.72. The highest BCUT2D eigenvalue weighted by Crippen LogP contribution is 2.58. The monoisotopic (exact) mass is 533 g/mol. The van der Waals surface area contributed by atoms with Crippen molar-refractivity contribution in [2.75, 3.05) is 20.1 Å². The van der Waals surface area contributed by atoms with Crippen molar-refractivity contribution in [2.45, 2.75) is 58.9 Å². The summed E-state index contributed by atoms with van der Waals surface area (Å²) < 4.78 is 59.0. The first kappa shape index (κ1) is 28.8. The van der Waals surface area contributed by atoms with Gasteiger partial charge in [0.15, 0.2) is 0 Å². The van der Waals surface area contributed by atoms with Gasteiger partial charge in [-0.1, -0.05) is 40.3 Å². The van der Waals surface area contributed by atoms with E-state index in [-0.39, 0.29) is 32.9 Å². The van der Waals surface area contributed by atoms with Crippen LogP contribution in [0.15, 0.2) is 63.9 Å². The van der Waals surface area contributed by atoms with Crippen LogP contribution < -0.4 is 0 Å². The number of hydrogen-bond acceptors (Lipinski definition) is 5. The van der Waals surface area contributed by atoms with Gasteiger partial charge in [-0.05, 0) is 60.3 Å². The maximum absolute atomic E-state index is 14.5. The van der Waals surface area contributed by atoms with Crippen molar-refractivity contribution >= 4 is 15.7 Å². The lowest BCUT2D eigenvalue weighted by molar-refractivity contribution is 0.0803. The van der Waals surface area contributed by atoms with E-state index in [1.54, 1.807) is 17.0 Å². The molecule has 1 aromatic heterocycles. The van der Waals surface area contributed by atoms with Gasteiger partial charge in [0.2, 0.25) is 10.0 Å². The van der Waals surface area contributed by atoms with Gasteiger partial charge in [0.1, 0.15) is 16.5 Å². The minimum absolute atomic E-state index is 0.0568. The van der Waals surface area contributed by atoms with Crippen molar-refractivity contribution in [3.8, 4) is 0 Å². The van der Waals surface area contributed by atoms with Crippen LogP contribution in [-0.4, -0.2) is 42.6 Å². The van der Waals surface area contributed by atoms with Crippen LogP contribution in [0.25, 0.3) is 5.70 Å². The Labute approximate surface area is 219 Å². The van der Waals surface area contributed by atoms with Crippen LogP contribution in [0.5, 0.6) is 0 Å². The molecule has 7 nitrogen and oxygen atoms in total. The maximum Gasteiger partial charge on any atom is 0.246 e. The normalized spacial score (nSPS) is 22.3. The quantitative estimate of drug-likeness (QED) is 0.265. The zero-order chi connectivity index (χ0) is 27.6. The first-order chi connectivity index (χ1) is 17.3. The number of azo groups is 1. The zero-order valence-corrected chi connectivity index (χ0v) is 23.3. The SMILES string of the molecule is C=C(/C=C(\N=N/C)c1c(F)cccc1F)C1CCC(C)(CN(CC)S(=O)(=O)c2cnn(CC)c2)C1(C)C. The Morgan fingerprint density at radius 1 is 1.27 bits per heavy atom. The van der Waals surface area contributed by atoms with E-state index in [2.05, 4.69) is 42.7 Å². The molecule has 10 heteroatoms. The summed E-state index contributed by atoms with van der Waals surface area (Å²) in [5, 5.41) is 11.9. The van der Waals surface area contributed by atoms with E-state index >= 15 is 0 Å². The molecule has 2 aromatic rings. The number of sulfonamides is 1. The van der Waals surface area contributed by atoms with Crippen LogP contribution in [-0.2, 0) is 16.6 Å². The first-order valence-electron chi connectivity index (χ1n) is 12.5. The molecule has 0 amide bonds. The Morgan fingerprint density at radius 2 is 1.92 bits per heavy atom. The van der Waals surface area contributed by atoms with Crippen molar-refractivity contribution in [3.63, 3.8) is 0 Å². The minimum atomic E-state index is -3.72. The fraction of sp³-hybridized carbons (Fsp3) is 0.519. The van der Waals surface area contributed by atoms with Gasteiger partial charge in [0, 0.05) is 32.9 Å². The highest BCUT2D eigenvalue weighted by molar-refractivity contribution is 7.89. The molecule has 1 aliphatic carbocycles. The molecule has 2 unspecified atom stereocenters. The van der Waals surface area contributed by atoms with Gasteiger partial charge in [-0.25, -0.2) is 17.2 Å². The van der Waals surface area contributed by atoms with Crippen molar-refractivity contribution in [1.82, 2.24) is 14.1 Å². The van der Waals surface area contributed by atoms with Gasteiger partial charge in [-0.3, -0.25) is 4.68 Å². The first-order valence-corrected chi connectivity index (χ1v) is 13.9.